The van der Waals surface area contributed by atoms with Crippen molar-refractivity contribution in [2.24, 2.45) is 11.0 Å². The van der Waals surface area contributed by atoms with Crippen molar-refractivity contribution in [3.05, 3.63) is 66.2 Å². The molecule has 2 nitrogen and oxygen atoms in total. The summed E-state index contributed by atoms with van der Waals surface area (Å²) in [7, 11) is 0. The second-order valence-corrected chi connectivity index (χ2v) is 4.67. The number of hydrogen-bond acceptors (Lipinski definition) is 2. The lowest BCUT2D eigenvalue weighted by atomic mass is 9.99. The first-order valence-electron chi connectivity index (χ1n) is 6.31. The van der Waals surface area contributed by atoms with Crippen molar-refractivity contribution in [1.82, 2.24) is 0 Å². The van der Waals surface area contributed by atoms with Gasteiger partial charge in [-0.2, -0.15) is 5.10 Å². The number of benzene rings is 2. The zero-order valence-electron chi connectivity index (χ0n) is 10.5. The summed E-state index contributed by atoms with van der Waals surface area (Å²) in [5.41, 5.74) is 3.57. The fraction of sp³-hybridized carbons (Fsp3) is 0.188. The van der Waals surface area contributed by atoms with Crippen molar-refractivity contribution in [2.45, 2.75) is 6.92 Å². The van der Waals surface area contributed by atoms with Crippen molar-refractivity contribution in [2.75, 3.05) is 11.6 Å². The van der Waals surface area contributed by atoms with E-state index in [-0.39, 0.29) is 0 Å². The molecule has 0 bridgehead atoms. The van der Waals surface area contributed by atoms with Crippen LogP contribution in [0.25, 0.3) is 0 Å². The Morgan fingerprint density at radius 1 is 0.944 bits per heavy atom. The molecule has 0 fully saturated rings. The highest BCUT2D eigenvalue weighted by atomic mass is 15.5. The van der Waals surface area contributed by atoms with Gasteiger partial charge in [-0.05, 0) is 17.7 Å². The lowest BCUT2D eigenvalue weighted by Crippen LogP contribution is -2.16. The Morgan fingerprint density at radius 2 is 1.56 bits per heavy atom. The van der Waals surface area contributed by atoms with Crippen molar-refractivity contribution in [3.8, 4) is 0 Å². The van der Waals surface area contributed by atoms with Crippen LogP contribution in [0.4, 0.5) is 5.69 Å². The molecule has 1 aliphatic heterocycles. The molecule has 0 radical (unpaired) electrons. The van der Waals surface area contributed by atoms with E-state index in [1.165, 1.54) is 11.3 Å². The molecule has 1 aliphatic rings. The third-order valence-corrected chi connectivity index (χ3v) is 3.27. The number of hydrazone groups is 1. The van der Waals surface area contributed by atoms with E-state index in [0.717, 1.165) is 12.2 Å². The van der Waals surface area contributed by atoms with Crippen LogP contribution >= 0.6 is 0 Å². The fourth-order valence-electron chi connectivity index (χ4n) is 2.33. The van der Waals surface area contributed by atoms with Crippen LogP contribution in [0, 0.1) is 5.92 Å². The van der Waals surface area contributed by atoms with E-state index in [1.54, 1.807) is 0 Å². The number of hydrogen-bond donors (Lipinski definition) is 0. The minimum absolute atomic E-state index is 0.465. The summed E-state index contributed by atoms with van der Waals surface area (Å²) in [4.78, 5) is 0. The average molecular weight is 236 g/mol. The first-order chi connectivity index (χ1) is 8.84. The van der Waals surface area contributed by atoms with Crippen molar-refractivity contribution in [3.63, 3.8) is 0 Å². The largest absolute Gasteiger partial charge is 0.265 e. The zero-order valence-corrected chi connectivity index (χ0v) is 10.5. The minimum atomic E-state index is 0.465. The van der Waals surface area contributed by atoms with Gasteiger partial charge >= 0.3 is 0 Å². The summed E-state index contributed by atoms with van der Waals surface area (Å²) in [5, 5.41) is 6.85. The van der Waals surface area contributed by atoms with Crippen LogP contribution < -0.4 is 5.01 Å². The van der Waals surface area contributed by atoms with Gasteiger partial charge in [0, 0.05) is 12.5 Å². The monoisotopic (exact) mass is 236 g/mol. The average Bonchev–Trinajstić information content (AvgIpc) is 2.83. The molecule has 0 saturated heterocycles. The Bertz CT molecular complexity index is 546. The van der Waals surface area contributed by atoms with Gasteiger partial charge < -0.3 is 0 Å². The molecule has 0 spiro atoms. The number of anilines is 1. The molecular formula is C16H16N2. The molecule has 1 atom stereocenters. The van der Waals surface area contributed by atoms with E-state index in [1.807, 2.05) is 12.1 Å². The Balaban J connectivity index is 1.93. The van der Waals surface area contributed by atoms with Crippen molar-refractivity contribution < 1.29 is 0 Å². The van der Waals surface area contributed by atoms with Crippen LogP contribution in [-0.4, -0.2) is 12.3 Å². The molecule has 1 heterocycles. The maximum absolute atomic E-state index is 4.76. The van der Waals surface area contributed by atoms with E-state index < -0.39 is 0 Å². The molecule has 0 unspecified atom stereocenters. The van der Waals surface area contributed by atoms with Gasteiger partial charge in [0.2, 0.25) is 0 Å². The molecule has 2 heteroatoms. The van der Waals surface area contributed by atoms with E-state index in [4.69, 9.17) is 5.10 Å². The van der Waals surface area contributed by atoms with Gasteiger partial charge in [-0.3, -0.25) is 5.01 Å². The van der Waals surface area contributed by atoms with E-state index in [2.05, 4.69) is 60.5 Å². The molecule has 90 valence electrons. The lowest BCUT2D eigenvalue weighted by molar-refractivity contribution is 0.776. The van der Waals surface area contributed by atoms with Gasteiger partial charge in [0.05, 0.1) is 11.4 Å². The number of para-hydroxylation sites is 1. The first-order valence-corrected chi connectivity index (χ1v) is 6.31. The van der Waals surface area contributed by atoms with E-state index in [0.29, 0.717) is 5.92 Å². The zero-order chi connectivity index (χ0) is 12.4. The van der Waals surface area contributed by atoms with Gasteiger partial charge in [-0.15, -0.1) is 0 Å². The summed E-state index contributed by atoms with van der Waals surface area (Å²) in [6, 6.07) is 20.8. The number of rotatable bonds is 2. The number of nitrogens with zero attached hydrogens (tertiary/aromatic N) is 2. The Labute approximate surface area is 108 Å². The van der Waals surface area contributed by atoms with Gasteiger partial charge in [0.1, 0.15) is 0 Å². The molecule has 0 aromatic heterocycles. The van der Waals surface area contributed by atoms with Gasteiger partial charge in [0.15, 0.2) is 0 Å². The smallest absolute Gasteiger partial charge is 0.0728 e. The third-order valence-electron chi connectivity index (χ3n) is 3.27. The maximum Gasteiger partial charge on any atom is 0.0728 e. The Hall–Kier alpha value is -2.09. The maximum atomic E-state index is 4.76. The summed E-state index contributed by atoms with van der Waals surface area (Å²) >= 11 is 0. The third kappa shape index (κ3) is 2.02. The van der Waals surface area contributed by atoms with Gasteiger partial charge in [-0.1, -0.05) is 55.5 Å². The van der Waals surface area contributed by atoms with E-state index >= 15 is 0 Å². The lowest BCUT2D eigenvalue weighted by Gasteiger charge is -2.13. The minimum Gasteiger partial charge on any atom is -0.265 e. The predicted molar refractivity (Wildman–Crippen MR) is 75.9 cm³/mol. The molecule has 2 aromatic rings. The van der Waals surface area contributed by atoms with Crippen LogP contribution in [0.5, 0.6) is 0 Å². The highest BCUT2D eigenvalue weighted by molar-refractivity contribution is 6.04. The first kappa shape index (κ1) is 11.0. The molecule has 0 saturated carbocycles. The fourth-order valence-corrected chi connectivity index (χ4v) is 2.33. The summed E-state index contributed by atoms with van der Waals surface area (Å²) in [6.45, 7) is 3.18. The summed E-state index contributed by atoms with van der Waals surface area (Å²) < 4.78 is 0. The molecule has 0 aliphatic carbocycles. The quantitative estimate of drug-likeness (QED) is 0.778. The highest BCUT2D eigenvalue weighted by Gasteiger charge is 2.24. The second-order valence-electron chi connectivity index (χ2n) is 4.67. The van der Waals surface area contributed by atoms with Crippen molar-refractivity contribution >= 4 is 11.4 Å². The standard InChI is InChI=1S/C16H16N2/c1-13-12-18(15-10-6-3-7-11-15)17-16(13)14-8-4-2-5-9-14/h2-11,13H,12H2,1H3/t13-/m0/s1. The van der Waals surface area contributed by atoms with Crippen LogP contribution in [0.2, 0.25) is 0 Å². The molecule has 0 amide bonds. The molecule has 0 N–H and O–H groups in total. The van der Waals surface area contributed by atoms with Crippen LogP contribution in [0.3, 0.4) is 0 Å². The van der Waals surface area contributed by atoms with Crippen LogP contribution in [0.1, 0.15) is 12.5 Å². The summed E-state index contributed by atoms with van der Waals surface area (Å²) in [6.07, 6.45) is 0. The molecule has 3 rings (SSSR count). The second kappa shape index (κ2) is 4.65. The Kier molecular flexibility index (Phi) is 2.85. The summed E-state index contributed by atoms with van der Waals surface area (Å²) in [5.74, 6) is 0.465. The predicted octanol–water partition coefficient (Wildman–Crippen LogP) is 3.55. The normalized spacial score (nSPS) is 18.8. The topological polar surface area (TPSA) is 15.6 Å². The SMILES string of the molecule is C[C@H]1CN(c2ccccc2)N=C1c1ccccc1. The van der Waals surface area contributed by atoms with Crippen LogP contribution in [-0.2, 0) is 0 Å². The van der Waals surface area contributed by atoms with Gasteiger partial charge in [0.25, 0.3) is 0 Å². The molecule has 18 heavy (non-hydrogen) atoms. The highest BCUT2D eigenvalue weighted by Crippen LogP contribution is 2.24. The van der Waals surface area contributed by atoms with E-state index in [9.17, 15) is 0 Å². The molecular weight excluding hydrogens is 220 g/mol. The van der Waals surface area contributed by atoms with Gasteiger partial charge in [-0.25, -0.2) is 0 Å². The van der Waals surface area contributed by atoms with Crippen LogP contribution in [0.15, 0.2) is 65.8 Å². The van der Waals surface area contributed by atoms with Crippen molar-refractivity contribution in [1.29, 1.82) is 0 Å². The molecule has 2 aromatic carbocycles. The Morgan fingerprint density at radius 3 is 2.22 bits per heavy atom.